The number of hydrogen-bond donors (Lipinski definition) is 1. The lowest BCUT2D eigenvalue weighted by atomic mass is 9.92. The van der Waals surface area contributed by atoms with Crippen LogP contribution in [-0.4, -0.2) is 19.7 Å². The largest absolute Gasteiger partial charge is 0.424 e. The predicted molar refractivity (Wildman–Crippen MR) is 115 cm³/mol. The number of hydrogen-bond acceptors (Lipinski definition) is 5. The van der Waals surface area contributed by atoms with Crippen molar-refractivity contribution in [1.29, 1.82) is 0 Å². The molecule has 2 aromatic heterocycles. The first-order chi connectivity index (χ1) is 15.7. The van der Waals surface area contributed by atoms with E-state index in [2.05, 4.69) is 20.4 Å². The zero-order valence-electron chi connectivity index (χ0n) is 17.2. The third-order valence-corrected chi connectivity index (χ3v) is 5.50. The fraction of sp³-hybridized carbons (Fsp3) is 0.208. The molecule has 2 aromatic carbocycles. The predicted octanol–water partition coefficient (Wildman–Crippen LogP) is 4.90. The van der Waals surface area contributed by atoms with E-state index in [0.29, 0.717) is 24.0 Å². The van der Waals surface area contributed by atoms with Crippen molar-refractivity contribution in [3.63, 3.8) is 0 Å². The van der Waals surface area contributed by atoms with E-state index in [1.54, 1.807) is 29.3 Å². The molecular formula is C24H21F2N5O. The van der Waals surface area contributed by atoms with Crippen LogP contribution in [0.4, 0.5) is 8.78 Å². The van der Waals surface area contributed by atoms with E-state index in [4.69, 9.17) is 4.74 Å². The van der Waals surface area contributed by atoms with Crippen LogP contribution >= 0.6 is 0 Å². The number of rotatable bonds is 6. The maximum atomic E-state index is 13.7. The number of nitrogens with one attached hydrogen (secondary N) is 1. The molecule has 0 spiro atoms. The van der Waals surface area contributed by atoms with Crippen LogP contribution in [0.3, 0.4) is 0 Å². The van der Waals surface area contributed by atoms with E-state index in [0.717, 1.165) is 42.1 Å². The van der Waals surface area contributed by atoms with E-state index >= 15 is 0 Å². The highest BCUT2D eigenvalue weighted by molar-refractivity contribution is 5.38. The molecule has 32 heavy (non-hydrogen) atoms. The molecule has 1 aliphatic rings. The highest BCUT2D eigenvalue weighted by Gasteiger charge is 2.24. The number of ether oxygens (including phenoxy) is 1. The number of halogens is 2. The normalized spacial score (nSPS) is 15.4. The lowest BCUT2D eigenvalue weighted by molar-refractivity contribution is 0.440. The molecule has 0 fully saturated rings. The number of benzene rings is 2. The summed E-state index contributed by atoms with van der Waals surface area (Å²) < 4.78 is 34.6. The summed E-state index contributed by atoms with van der Waals surface area (Å²) in [6.07, 6.45) is 7.82. The van der Waals surface area contributed by atoms with Gasteiger partial charge in [0.1, 0.15) is 17.4 Å². The monoisotopic (exact) mass is 433 g/mol. The third-order valence-electron chi connectivity index (χ3n) is 5.50. The van der Waals surface area contributed by atoms with Gasteiger partial charge in [0.25, 0.3) is 0 Å². The van der Waals surface area contributed by atoms with Gasteiger partial charge in [-0.15, -0.1) is 0 Å². The maximum absolute atomic E-state index is 13.7. The molecule has 5 rings (SSSR count). The standard InChI is InChI=1S/C24H21F2N5O/c25-17-11-18(26)13-19(12-17)31-23-4-1-3-22(21(23)15-30-31)29-14-16-5-7-20(8-6-16)32-24-27-9-2-10-28-24/h2,5-13,15,22,29H,1,3-4,14H2/t22-/m1/s1. The van der Waals surface area contributed by atoms with E-state index in [1.807, 2.05) is 24.3 Å². The molecular weight excluding hydrogens is 412 g/mol. The second kappa shape index (κ2) is 8.84. The minimum Gasteiger partial charge on any atom is -0.424 e. The van der Waals surface area contributed by atoms with Crippen molar-refractivity contribution in [2.24, 2.45) is 0 Å². The minimum absolute atomic E-state index is 0.125. The minimum atomic E-state index is -0.610. The number of aromatic nitrogens is 4. The molecule has 0 amide bonds. The average molecular weight is 433 g/mol. The molecule has 8 heteroatoms. The van der Waals surface area contributed by atoms with E-state index in [1.165, 1.54) is 12.1 Å². The SMILES string of the molecule is Fc1cc(F)cc(-n2ncc3c2CCC[C@H]3NCc2ccc(Oc3ncccn3)cc2)c1. The highest BCUT2D eigenvalue weighted by atomic mass is 19.1. The number of fused-ring (bicyclic) bond motifs is 1. The molecule has 0 aliphatic heterocycles. The summed E-state index contributed by atoms with van der Waals surface area (Å²) in [5, 5.41) is 8.01. The molecule has 0 unspecified atom stereocenters. The molecule has 162 valence electrons. The van der Waals surface area contributed by atoms with Crippen LogP contribution in [0.5, 0.6) is 11.8 Å². The van der Waals surface area contributed by atoms with Crippen LogP contribution in [0.1, 0.15) is 35.7 Å². The zero-order chi connectivity index (χ0) is 21.9. The van der Waals surface area contributed by atoms with E-state index < -0.39 is 11.6 Å². The smallest absolute Gasteiger partial charge is 0.321 e. The lowest BCUT2D eigenvalue weighted by Gasteiger charge is -2.24. The Morgan fingerprint density at radius 1 is 1.03 bits per heavy atom. The first-order valence-corrected chi connectivity index (χ1v) is 10.5. The Balaban J connectivity index is 1.27. The van der Waals surface area contributed by atoms with E-state index in [9.17, 15) is 8.78 Å². The van der Waals surface area contributed by atoms with Gasteiger partial charge in [-0.05, 0) is 55.2 Å². The van der Waals surface area contributed by atoms with Crippen molar-refractivity contribution in [3.8, 4) is 17.4 Å². The zero-order valence-corrected chi connectivity index (χ0v) is 17.2. The van der Waals surface area contributed by atoms with Gasteiger partial charge in [0.05, 0.1) is 11.9 Å². The molecule has 1 aliphatic carbocycles. The first-order valence-electron chi connectivity index (χ1n) is 10.5. The van der Waals surface area contributed by atoms with Crippen LogP contribution in [0, 0.1) is 11.6 Å². The summed E-state index contributed by atoms with van der Waals surface area (Å²) in [6, 6.07) is 13.4. The molecule has 0 radical (unpaired) electrons. The Hall–Kier alpha value is -3.65. The summed E-state index contributed by atoms with van der Waals surface area (Å²) in [7, 11) is 0. The summed E-state index contributed by atoms with van der Waals surface area (Å²) >= 11 is 0. The topological polar surface area (TPSA) is 64.9 Å². The van der Waals surface area contributed by atoms with Crippen LogP contribution in [0.2, 0.25) is 0 Å². The molecule has 4 aromatic rings. The molecule has 6 nitrogen and oxygen atoms in total. The van der Waals surface area contributed by atoms with Gasteiger partial charge in [-0.2, -0.15) is 5.10 Å². The second-order valence-corrected chi connectivity index (χ2v) is 7.69. The van der Waals surface area contributed by atoms with Crippen LogP contribution < -0.4 is 10.1 Å². The van der Waals surface area contributed by atoms with Crippen molar-refractivity contribution in [3.05, 3.63) is 95.6 Å². The number of nitrogens with zero attached hydrogens (tertiary/aromatic N) is 4. The summed E-state index contributed by atoms with van der Waals surface area (Å²) in [6.45, 7) is 0.673. The van der Waals surface area contributed by atoms with Crippen molar-refractivity contribution in [2.45, 2.75) is 31.8 Å². The van der Waals surface area contributed by atoms with Crippen LogP contribution in [0.25, 0.3) is 5.69 Å². The van der Waals surface area contributed by atoms with Crippen LogP contribution in [-0.2, 0) is 13.0 Å². The first kappa shape index (κ1) is 20.3. The lowest BCUT2D eigenvalue weighted by Crippen LogP contribution is -2.25. The van der Waals surface area contributed by atoms with Crippen molar-refractivity contribution in [2.75, 3.05) is 0 Å². The molecule has 2 heterocycles. The highest BCUT2D eigenvalue weighted by Crippen LogP contribution is 2.31. The van der Waals surface area contributed by atoms with Gasteiger partial charge >= 0.3 is 6.01 Å². The van der Waals surface area contributed by atoms with Gasteiger partial charge in [-0.3, -0.25) is 0 Å². The third kappa shape index (κ3) is 4.36. The molecule has 0 bridgehead atoms. The Morgan fingerprint density at radius 2 is 1.78 bits per heavy atom. The van der Waals surface area contributed by atoms with Crippen molar-refractivity contribution < 1.29 is 13.5 Å². The van der Waals surface area contributed by atoms with Gasteiger partial charge in [0, 0.05) is 42.3 Å². The molecule has 0 saturated carbocycles. The Kier molecular flexibility index (Phi) is 5.60. The van der Waals surface area contributed by atoms with E-state index in [-0.39, 0.29) is 6.04 Å². The molecule has 1 N–H and O–H groups in total. The Morgan fingerprint density at radius 3 is 2.53 bits per heavy atom. The van der Waals surface area contributed by atoms with Crippen LogP contribution in [0.15, 0.2) is 67.1 Å². The van der Waals surface area contributed by atoms with Crippen molar-refractivity contribution in [1.82, 2.24) is 25.1 Å². The maximum Gasteiger partial charge on any atom is 0.321 e. The molecule has 0 saturated heterocycles. The van der Waals surface area contributed by atoms with Gasteiger partial charge in [0.15, 0.2) is 0 Å². The molecule has 1 atom stereocenters. The van der Waals surface area contributed by atoms with Gasteiger partial charge < -0.3 is 10.1 Å². The fourth-order valence-electron chi connectivity index (χ4n) is 4.01. The van der Waals surface area contributed by atoms with Crippen molar-refractivity contribution >= 4 is 0 Å². The van der Waals surface area contributed by atoms with Gasteiger partial charge in [0.2, 0.25) is 0 Å². The second-order valence-electron chi connectivity index (χ2n) is 7.69. The van der Waals surface area contributed by atoms with Gasteiger partial charge in [-0.1, -0.05) is 12.1 Å². The average Bonchev–Trinajstić information content (AvgIpc) is 3.24. The quantitative estimate of drug-likeness (QED) is 0.469. The summed E-state index contributed by atoms with van der Waals surface area (Å²) in [5.41, 5.74) is 3.58. The Labute approximate surface area is 183 Å². The summed E-state index contributed by atoms with van der Waals surface area (Å²) in [4.78, 5) is 8.11. The Bertz CT molecular complexity index is 1190. The summed E-state index contributed by atoms with van der Waals surface area (Å²) in [5.74, 6) is -0.550. The van der Waals surface area contributed by atoms with Gasteiger partial charge in [-0.25, -0.2) is 23.4 Å². The fourth-order valence-corrected chi connectivity index (χ4v) is 4.01.